The van der Waals surface area contributed by atoms with E-state index in [0.717, 1.165) is 16.2 Å². The Kier molecular flexibility index (Phi) is 6.51. The predicted octanol–water partition coefficient (Wildman–Crippen LogP) is 4.48. The van der Waals surface area contributed by atoms with Crippen LogP contribution in [-0.4, -0.2) is 21.1 Å². The lowest BCUT2D eigenvalue weighted by Crippen LogP contribution is -2.25. The van der Waals surface area contributed by atoms with Crippen LogP contribution in [0.15, 0.2) is 17.6 Å². The van der Waals surface area contributed by atoms with Crippen molar-refractivity contribution >= 4 is 27.7 Å². The molecule has 0 radical (unpaired) electrons. The first kappa shape index (κ1) is 14.1. The molecule has 0 spiro atoms. The van der Waals surface area contributed by atoms with Gasteiger partial charge in [0, 0.05) is 23.5 Å². The van der Waals surface area contributed by atoms with E-state index in [1.807, 2.05) is 24.2 Å². The molecular weight excluding hydrogens is 284 g/mol. The van der Waals surface area contributed by atoms with Gasteiger partial charge in [-0.15, -0.1) is 0 Å². The van der Waals surface area contributed by atoms with Crippen molar-refractivity contribution < 1.29 is 0 Å². The van der Waals surface area contributed by atoms with Crippen LogP contribution < -0.4 is 0 Å². The number of nitrogens with zero attached hydrogens (tertiary/aromatic N) is 1. The molecule has 92 valence electrons. The lowest BCUT2D eigenvalue weighted by Gasteiger charge is -2.30. The number of H-pyrrole nitrogens is 1. The minimum Gasteiger partial charge on any atom is -0.340 e. The maximum atomic E-state index is 4.27. The number of alkyl halides is 1. The molecule has 0 aromatic carbocycles. The molecule has 0 aliphatic heterocycles. The summed E-state index contributed by atoms with van der Waals surface area (Å²) >= 11 is 5.54. The van der Waals surface area contributed by atoms with Gasteiger partial charge in [-0.3, -0.25) is 0 Å². The first-order valence-corrected chi connectivity index (χ1v) is 8.05. The summed E-state index contributed by atoms with van der Waals surface area (Å²) in [6.07, 6.45) is 8.80. The van der Waals surface area contributed by atoms with Crippen LogP contribution in [0.2, 0.25) is 0 Å². The molecule has 0 aliphatic carbocycles. The molecule has 0 aliphatic rings. The number of thioether (sulfide) groups is 1. The molecule has 0 saturated carbocycles. The lowest BCUT2D eigenvalue weighted by molar-refractivity contribution is 0.320. The maximum absolute atomic E-state index is 4.27. The average molecular weight is 305 g/mol. The van der Waals surface area contributed by atoms with Gasteiger partial charge in [0.25, 0.3) is 0 Å². The number of rotatable bonds is 8. The van der Waals surface area contributed by atoms with Gasteiger partial charge in [-0.1, -0.05) is 54.4 Å². The highest BCUT2D eigenvalue weighted by Crippen LogP contribution is 2.37. The molecule has 4 heteroatoms. The third kappa shape index (κ3) is 4.13. The molecule has 1 rings (SSSR count). The monoisotopic (exact) mass is 304 g/mol. The second-order valence-corrected chi connectivity index (χ2v) is 5.84. The summed E-state index contributed by atoms with van der Waals surface area (Å²) in [5.74, 6) is 1.15. The summed E-state index contributed by atoms with van der Waals surface area (Å²) in [5, 5.41) is 2.13. The predicted molar refractivity (Wildman–Crippen MR) is 75.4 cm³/mol. The second kappa shape index (κ2) is 7.38. The summed E-state index contributed by atoms with van der Waals surface area (Å²) in [6, 6.07) is 0. The number of nitrogens with one attached hydrogen (secondary N) is 1. The average Bonchev–Trinajstić information content (AvgIpc) is 2.79. The van der Waals surface area contributed by atoms with Gasteiger partial charge < -0.3 is 4.98 Å². The van der Waals surface area contributed by atoms with Gasteiger partial charge in [-0.2, -0.15) is 0 Å². The molecule has 0 atom stereocenters. The van der Waals surface area contributed by atoms with Crippen LogP contribution in [0.5, 0.6) is 0 Å². The summed E-state index contributed by atoms with van der Waals surface area (Å²) in [5.41, 5.74) is 0.432. The molecule has 0 bridgehead atoms. The van der Waals surface area contributed by atoms with Crippen molar-refractivity contribution in [3.63, 3.8) is 0 Å². The molecule has 1 aromatic heterocycles. The van der Waals surface area contributed by atoms with E-state index in [2.05, 4.69) is 39.7 Å². The van der Waals surface area contributed by atoms with E-state index < -0.39 is 0 Å². The van der Waals surface area contributed by atoms with Crippen LogP contribution in [0.1, 0.15) is 39.5 Å². The van der Waals surface area contributed by atoms with Crippen molar-refractivity contribution in [3.05, 3.63) is 12.4 Å². The molecule has 0 amide bonds. The van der Waals surface area contributed by atoms with Gasteiger partial charge >= 0.3 is 0 Å². The first-order valence-electron chi connectivity index (χ1n) is 5.94. The van der Waals surface area contributed by atoms with Crippen molar-refractivity contribution in [2.75, 3.05) is 11.1 Å². The number of aromatic amines is 1. The van der Waals surface area contributed by atoms with Gasteiger partial charge in [0.15, 0.2) is 5.16 Å². The highest BCUT2D eigenvalue weighted by atomic mass is 79.9. The third-order valence-corrected chi connectivity index (χ3v) is 5.28. The smallest absolute Gasteiger partial charge is 0.165 e. The van der Waals surface area contributed by atoms with Crippen LogP contribution >= 0.6 is 27.7 Å². The molecular formula is C12H21BrN2S. The van der Waals surface area contributed by atoms with Gasteiger partial charge in [0.2, 0.25) is 0 Å². The number of hydrogen-bond donors (Lipinski definition) is 1. The van der Waals surface area contributed by atoms with E-state index in [0.29, 0.717) is 5.41 Å². The zero-order valence-electron chi connectivity index (χ0n) is 10.1. The fourth-order valence-electron chi connectivity index (χ4n) is 2.05. The topological polar surface area (TPSA) is 28.7 Å². The minimum absolute atomic E-state index is 0.432. The summed E-state index contributed by atoms with van der Waals surface area (Å²) in [6.45, 7) is 4.54. The standard InChI is InChI=1S/C12H21BrN2S/c1-3-5-12(9-13,6-4-2)10-16-11-14-7-8-15-11/h7-8H,3-6,9-10H2,1-2H3,(H,14,15). The fraction of sp³-hybridized carbons (Fsp3) is 0.750. The number of imidazole rings is 1. The Bertz CT molecular complexity index is 269. The van der Waals surface area contributed by atoms with E-state index in [1.165, 1.54) is 25.7 Å². The van der Waals surface area contributed by atoms with E-state index >= 15 is 0 Å². The summed E-state index contributed by atoms with van der Waals surface area (Å²) in [7, 11) is 0. The quantitative estimate of drug-likeness (QED) is 0.566. The number of aromatic nitrogens is 2. The zero-order chi connectivity index (χ0) is 11.9. The maximum Gasteiger partial charge on any atom is 0.165 e. The third-order valence-electron chi connectivity index (χ3n) is 2.83. The Morgan fingerprint density at radius 2 is 2.06 bits per heavy atom. The molecule has 0 unspecified atom stereocenters. The lowest BCUT2D eigenvalue weighted by atomic mass is 9.83. The SMILES string of the molecule is CCCC(CBr)(CCC)CSc1ncc[nH]1. The van der Waals surface area contributed by atoms with E-state index in [4.69, 9.17) is 0 Å². The first-order chi connectivity index (χ1) is 7.76. The Morgan fingerprint density at radius 1 is 1.38 bits per heavy atom. The van der Waals surface area contributed by atoms with Gasteiger partial charge in [0.1, 0.15) is 0 Å². The van der Waals surface area contributed by atoms with E-state index in [1.54, 1.807) is 0 Å². The molecule has 16 heavy (non-hydrogen) atoms. The summed E-state index contributed by atoms with van der Waals surface area (Å²) < 4.78 is 0. The molecule has 1 aromatic rings. The van der Waals surface area contributed by atoms with Crippen molar-refractivity contribution in [1.29, 1.82) is 0 Å². The molecule has 2 nitrogen and oxygen atoms in total. The highest BCUT2D eigenvalue weighted by molar-refractivity contribution is 9.09. The van der Waals surface area contributed by atoms with Crippen LogP contribution in [0, 0.1) is 5.41 Å². The normalized spacial score (nSPS) is 11.9. The number of hydrogen-bond acceptors (Lipinski definition) is 2. The van der Waals surface area contributed by atoms with Crippen LogP contribution in [0.4, 0.5) is 0 Å². The fourth-order valence-corrected chi connectivity index (χ4v) is 4.20. The van der Waals surface area contributed by atoms with E-state index in [-0.39, 0.29) is 0 Å². The zero-order valence-corrected chi connectivity index (χ0v) is 12.5. The van der Waals surface area contributed by atoms with Crippen LogP contribution in [-0.2, 0) is 0 Å². The van der Waals surface area contributed by atoms with Gasteiger partial charge in [-0.05, 0) is 18.3 Å². The van der Waals surface area contributed by atoms with Gasteiger partial charge in [-0.25, -0.2) is 4.98 Å². The Labute approximate surface area is 111 Å². The Hall–Kier alpha value is 0.0400. The van der Waals surface area contributed by atoms with Crippen molar-refractivity contribution in [2.45, 2.75) is 44.7 Å². The van der Waals surface area contributed by atoms with Crippen molar-refractivity contribution in [3.8, 4) is 0 Å². The van der Waals surface area contributed by atoms with E-state index in [9.17, 15) is 0 Å². The van der Waals surface area contributed by atoms with Crippen molar-refractivity contribution in [1.82, 2.24) is 9.97 Å². The molecule has 0 saturated heterocycles. The molecule has 1 N–H and O–H groups in total. The Balaban J connectivity index is 2.54. The Morgan fingerprint density at radius 3 is 2.50 bits per heavy atom. The second-order valence-electron chi connectivity index (χ2n) is 4.32. The van der Waals surface area contributed by atoms with Crippen LogP contribution in [0.3, 0.4) is 0 Å². The molecule has 1 heterocycles. The molecule has 0 fully saturated rings. The van der Waals surface area contributed by atoms with Crippen LogP contribution in [0.25, 0.3) is 0 Å². The largest absolute Gasteiger partial charge is 0.340 e. The number of halogens is 1. The van der Waals surface area contributed by atoms with Crippen molar-refractivity contribution in [2.24, 2.45) is 5.41 Å². The highest BCUT2D eigenvalue weighted by Gasteiger charge is 2.27. The minimum atomic E-state index is 0.432. The summed E-state index contributed by atoms with van der Waals surface area (Å²) in [4.78, 5) is 7.42. The van der Waals surface area contributed by atoms with Gasteiger partial charge in [0.05, 0.1) is 0 Å².